The fourth-order valence-electron chi connectivity index (χ4n) is 1.40. The lowest BCUT2D eigenvalue weighted by molar-refractivity contribution is 0.0231. The van der Waals surface area contributed by atoms with E-state index in [9.17, 15) is 0 Å². The SMILES string of the molecule is CC1(C)N[C@@H](CCCN)CO1. The molecule has 1 fully saturated rings. The molecule has 1 atom stereocenters. The molecule has 0 amide bonds. The molecule has 1 saturated heterocycles. The van der Waals surface area contributed by atoms with Gasteiger partial charge in [-0.15, -0.1) is 0 Å². The Morgan fingerprint density at radius 2 is 2.36 bits per heavy atom. The van der Waals surface area contributed by atoms with E-state index in [-0.39, 0.29) is 5.72 Å². The summed E-state index contributed by atoms with van der Waals surface area (Å²) >= 11 is 0. The van der Waals surface area contributed by atoms with E-state index in [1.807, 2.05) is 0 Å². The first-order valence-electron chi connectivity index (χ1n) is 4.26. The molecule has 0 aromatic heterocycles. The molecule has 66 valence electrons. The normalized spacial score (nSPS) is 29.2. The highest BCUT2D eigenvalue weighted by Gasteiger charge is 2.29. The maximum atomic E-state index is 5.50. The highest BCUT2D eigenvalue weighted by atomic mass is 16.5. The summed E-state index contributed by atoms with van der Waals surface area (Å²) < 4.78 is 5.50. The second kappa shape index (κ2) is 3.52. The van der Waals surface area contributed by atoms with Crippen LogP contribution >= 0.6 is 0 Å². The van der Waals surface area contributed by atoms with Crippen molar-refractivity contribution in [3.63, 3.8) is 0 Å². The predicted octanol–water partition coefficient (Wildman–Crippen LogP) is 0.450. The first-order chi connectivity index (χ1) is 5.14. The maximum Gasteiger partial charge on any atom is 0.113 e. The Morgan fingerprint density at radius 3 is 2.82 bits per heavy atom. The van der Waals surface area contributed by atoms with Crippen LogP contribution in [0.15, 0.2) is 0 Å². The number of ether oxygens (including phenoxy) is 1. The van der Waals surface area contributed by atoms with E-state index in [2.05, 4.69) is 19.2 Å². The third-order valence-electron chi connectivity index (χ3n) is 1.95. The molecule has 1 aliphatic rings. The second-order valence-corrected chi connectivity index (χ2v) is 3.59. The lowest BCUT2D eigenvalue weighted by Crippen LogP contribution is -2.38. The molecule has 0 aromatic carbocycles. The van der Waals surface area contributed by atoms with Gasteiger partial charge in [0.2, 0.25) is 0 Å². The van der Waals surface area contributed by atoms with Crippen LogP contribution in [0.25, 0.3) is 0 Å². The minimum Gasteiger partial charge on any atom is -0.360 e. The van der Waals surface area contributed by atoms with Gasteiger partial charge in [0.05, 0.1) is 6.61 Å². The summed E-state index contributed by atoms with van der Waals surface area (Å²) in [5.41, 5.74) is 5.28. The summed E-state index contributed by atoms with van der Waals surface area (Å²) in [6, 6.07) is 0.508. The molecule has 1 rings (SSSR count). The Hall–Kier alpha value is -0.120. The van der Waals surface area contributed by atoms with Crippen molar-refractivity contribution in [2.45, 2.75) is 38.5 Å². The molecule has 0 bridgehead atoms. The van der Waals surface area contributed by atoms with E-state index in [4.69, 9.17) is 10.5 Å². The van der Waals surface area contributed by atoms with Gasteiger partial charge in [0.25, 0.3) is 0 Å². The van der Waals surface area contributed by atoms with Crippen LogP contribution in [0, 0.1) is 0 Å². The van der Waals surface area contributed by atoms with Crippen molar-refractivity contribution in [2.24, 2.45) is 5.73 Å². The molecular formula is C8H18N2O. The topological polar surface area (TPSA) is 47.3 Å². The molecular weight excluding hydrogens is 140 g/mol. The van der Waals surface area contributed by atoms with E-state index in [0.29, 0.717) is 6.04 Å². The summed E-state index contributed by atoms with van der Waals surface area (Å²) in [7, 11) is 0. The molecule has 0 spiro atoms. The van der Waals surface area contributed by atoms with Gasteiger partial charge in [-0.3, -0.25) is 5.32 Å². The number of hydrogen-bond donors (Lipinski definition) is 2. The van der Waals surface area contributed by atoms with Gasteiger partial charge in [-0.1, -0.05) is 0 Å². The highest BCUT2D eigenvalue weighted by molar-refractivity contribution is 4.81. The van der Waals surface area contributed by atoms with Crippen LogP contribution in [0.2, 0.25) is 0 Å². The zero-order valence-electron chi connectivity index (χ0n) is 7.39. The van der Waals surface area contributed by atoms with Gasteiger partial charge in [0.15, 0.2) is 0 Å². The molecule has 11 heavy (non-hydrogen) atoms. The van der Waals surface area contributed by atoms with Crippen molar-refractivity contribution in [3.8, 4) is 0 Å². The summed E-state index contributed by atoms with van der Waals surface area (Å²) in [6.07, 6.45) is 2.21. The predicted molar refractivity (Wildman–Crippen MR) is 45.2 cm³/mol. The maximum absolute atomic E-state index is 5.50. The largest absolute Gasteiger partial charge is 0.360 e. The van der Waals surface area contributed by atoms with Crippen LogP contribution in [0.3, 0.4) is 0 Å². The van der Waals surface area contributed by atoms with Gasteiger partial charge in [-0.05, 0) is 33.2 Å². The fraction of sp³-hybridized carbons (Fsp3) is 1.00. The van der Waals surface area contributed by atoms with Crippen LogP contribution in [-0.4, -0.2) is 24.9 Å². The van der Waals surface area contributed by atoms with Crippen LogP contribution in [0.5, 0.6) is 0 Å². The fourth-order valence-corrected chi connectivity index (χ4v) is 1.40. The van der Waals surface area contributed by atoms with E-state index in [1.54, 1.807) is 0 Å². The lowest BCUT2D eigenvalue weighted by atomic mass is 10.1. The van der Waals surface area contributed by atoms with Gasteiger partial charge in [0, 0.05) is 6.04 Å². The molecule has 3 nitrogen and oxygen atoms in total. The van der Waals surface area contributed by atoms with Crippen molar-refractivity contribution < 1.29 is 4.74 Å². The Balaban J connectivity index is 2.20. The van der Waals surface area contributed by atoms with Crippen LogP contribution in [-0.2, 0) is 4.74 Å². The van der Waals surface area contributed by atoms with E-state index >= 15 is 0 Å². The molecule has 0 aromatic rings. The van der Waals surface area contributed by atoms with Gasteiger partial charge in [-0.2, -0.15) is 0 Å². The van der Waals surface area contributed by atoms with Gasteiger partial charge in [0.1, 0.15) is 5.72 Å². The molecule has 0 radical (unpaired) electrons. The molecule has 3 N–H and O–H groups in total. The first kappa shape index (κ1) is 8.97. The molecule has 0 saturated carbocycles. The monoisotopic (exact) mass is 158 g/mol. The number of nitrogens with one attached hydrogen (secondary N) is 1. The van der Waals surface area contributed by atoms with Crippen LogP contribution in [0.4, 0.5) is 0 Å². The van der Waals surface area contributed by atoms with Gasteiger partial charge in [-0.25, -0.2) is 0 Å². The van der Waals surface area contributed by atoms with E-state index < -0.39 is 0 Å². The average molecular weight is 158 g/mol. The van der Waals surface area contributed by atoms with E-state index in [1.165, 1.54) is 0 Å². The second-order valence-electron chi connectivity index (χ2n) is 3.59. The summed E-state index contributed by atoms with van der Waals surface area (Å²) in [6.45, 7) is 5.70. The van der Waals surface area contributed by atoms with Crippen molar-refractivity contribution in [3.05, 3.63) is 0 Å². The lowest BCUT2D eigenvalue weighted by Gasteiger charge is -2.17. The van der Waals surface area contributed by atoms with Crippen molar-refractivity contribution in [1.82, 2.24) is 5.32 Å². The van der Waals surface area contributed by atoms with Gasteiger partial charge >= 0.3 is 0 Å². The summed E-state index contributed by atoms with van der Waals surface area (Å²) in [4.78, 5) is 0. The first-order valence-corrected chi connectivity index (χ1v) is 4.26. The van der Waals surface area contributed by atoms with Crippen LogP contribution in [0.1, 0.15) is 26.7 Å². The Bertz CT molecular complexity index is 125. The Morgan fingerprint density at radius 1 is 1.64 bits per heavy atom. The zero-order chi connectivity index (χ0) is 8.32. The van der Waals surface area contributed by atoms with E-state index in [0.717, 1.165) is 26.0 Å². The molecule has 1 heterocycles. The number of rotatable bonds is 3. The Labute approximate surface area is 68.3 Å². The van der Waals surface area contributed by atoms with Crippen molar-refractivity contribution in [2.75, 3.05) is 13.2 Å². The minimum absolute atomic E-state index is 0.126. The average Bonchev–Trinajstić information content (AvgIpc) is 2.26. The smallest absolute Gasteiger partial charge is 0.113 e. The molecule has 1 aliphatic heterocycles. The third kappa shape index (κ3) is 2.77. The Kier molecular flexibility index (Phi) is 2.87. The van der Waals surface area contributed by atoms with Crippen molar-refractivity contribution in [1.29, 1.82) is 0 Å². The number of nitrogens with two attached hydrogens (primary N) is 1. The molecule has 0 aliphatic carbocycles. The minimum atomic E-state index is -0.126. The third-order valence-corrected chi connectivity index (χ3v) is 1.95. The van der Waals surface area contributed by atoms with Crippen molar-refractivity contribution >= 4 is 0 Å². The standard InChI is InChI=1S/C8H18N2O/c1-8(2)10-7(6-11-8)4-3-5-9/h7,10H,3-6,9H2,1-2H3/t7-/m0/s1. The molecule has 3 heteroatoms. The summed E-state index contributed by atoms with van der Waals surface area (Å²) in [5.74, 6) is 0. The molecule has 0 unspecified atom stereocenters. The van der Waals surface area contributed by atoms with Crippen LogP contribution < -0.4 is 11.1 Å². The zero-order valence-corrected chi connectivity index (χ0v) is 7.39. The quantitative estimate of drug-likeness (QED) is 0.627. The van der Waals surface area contributed by atoms with Gasteiger partial charge < -0.3 is 10.5 Å². The highest BCUT2D eigenvalue weighted by Crippen LogP contribution is 2.16. The number of hydrogen-bond acceptors (Lipinski definition) is 3. The summed E-state index contributed by atoms with van der Waals surface area (Å²) in [5, 5.41) is 3.39.